The molecule has 0 aliphatic heterocycles. The van der Waals surface area contributed by atoms with Gasteiger partial charge in [0.15, 0.2) is 17.1 Å². The van der Waals surface area contributed by atoms with E-state index in [0.717, 1.165) is 33.9 Å². The van der Waals surface area contributed by atoms with Gasteiger partial charge in [-0.2, -0.15) is 10.2 Å². The fourth-order valence-electron chi connectivity index (χ4n) is 3.75. The van der Waals surface area contributed by atoms with Crippen LogP contribution in [0.3, 0.4) is 0 Å². The Labute approximate surface area is 176 Å². The van der Waals surface area contributed by atoms with Gasteiger partial charge in [0.25, 0.3) is 0 Å². The third-order valence-electron chi connectivity index (χ3n) is 5.20. The number of hydrogen-bond acceptors (Lipinski definition) is 6. The van der Waals surface area contributed by atoms with Crippen molar-refractivity contribution in [1.29, 1.82) is 0 Å². The lowest BCUT2D eigenvalue weighted by molar-refractivity contribution is 0.483. The van der Waals surface area contributed by atoms with Crippen molar-refractivity contribution in [1.82, 2.24) is 39.1 Å². The number of para-hydroxylation sites is 1. The summed E-state index contributed by atoms with van der Waals surface area (Å²) in [6.45, 7) is 4.57. The Hall–Kier alpha value is -4.27. The molecular weight excluding hydrogens is 392 g/mol. The van der Waals surface area contributed by atoms with E-state index in [1.807, 2.05) is 67.1 Å². The molecule has 0 amide bonds. The van der Waals surface area contributed by atoms with Gasteiger partial charge in [-0.05, 0) is 44.2 Å². The minimum Gasteiger partial charge on any atom is -0.456 e. The molecule has 0 saturated carbocycles. The predicted molar refractivity (Wildman–Crippen MR) is 114 cm³/mol. The number of benzene rings is 1. The molecule has 9 heteroatoms. The lowest BCUT2D eigenvalue weighted by atomic mass is 10.3. The van der Waals surface area contributed by atoms with Crippen molar-refractivity contribution in [3.8, 4) is 17.3 Å². The Morgan fingerprint density at radius 3 is 2.65 bits per heavy atom. The second-order valence-electron chi connectivity index (χ2n) is 7.43. The van der Waals surface area contributed by atoms with Crippen LogP contribution in [0.1, 0.15) is 17.1 Å². The minimum atomic E-state index is 0.501. The first-order valence-electron chi connectivity index (χ1n) is 9.90. The summed E-state index contributed by atoms with van der Waals surface area (Å²) in [6.07, 6.45) is 3.41. The molecule has 6 aromatic rings. The first-order chi connectivity index (χ1) is 15.2. The molecule has 31 heavy (non-hydrogen) atoms. The van der Waals surface area contributed by atoms with Crippen molar-refractivity contribution >= 4 is 16.7 Å². The van der Waals surface area contributed by atoms with E-state index >= 15 is 0 Å². The molecule has 0 aliphatic carbocycles. The Kier molecular flexibility index (Phi) is 3.76. The van der Waals surface area contributed by atoms with Gasteiger partial charge in [0.1, 0.15) is 12.1 Å². The summed E-state index contributed by atoms with van der Waals surface area (Å²) in [7, 11) is 0. The maximum Gasteiger partial charge on any atom is 0.217 e. The number of fused-ring (bicyclic) bond motifs is 3. The molecule has 0 atom stereocenters. The van der Waals surface area contributed by atoms with Crippen LogP contribution in [-0.4, -0.2) is 39.1 Å². The Morgan fingerprint density at radius 2 is 1.84 bits per heavy atom. The fourth-order valence-corrected chi connectivity index (χ4v) is 3.75. The smallest absolute Gasteiger partial charge is 0.217 e. The fraction of sp³-hybridized carbons (Fsp3) is 0.136. The zero-order valence-electron chi connectivity index (χ0n) is 17.0. The van der Waals surface area contributed by atoms with Crippen LogP contribution >= 0.6 is 0 Å². The van der Waals surface area contributed by atoms with Crippen LogP contribution < -0.4 is 0 Å². The maximum atomic E-state index is 6.01. The van der Waals surface area contributed by atoms with E-state index in [1.165, 1.54) is 0 Å². The molecule has 0 aliphatic rings. The van der Waals surface area contributed by atoms with Crippen LogP contribution in [0.15, 0.2) is 65.5 Å². The predicted octanol–water partition coefficient (Wildman–Crippen LogP) is 3.58. The zero-order valence-corrected chi connectivity index (χ0v) is 17.0. The largest absolute Gasteiger partial charge is 0.456 e. The Morgan fingerprint density at radius 1 is 0.968 bits per heavy atom. The summed E-state index contributed by atoms with van der Waals surface area (Å²) in [5.74, 6) is 1.89. The molecular formula is C22H18N8O. The summed E-state index contributed by atoms with van der Waals surface area (Å²) < 4.78 is 11.4. The molecule has 6 rings (SSSR count). The second kappa shape index (κ2) is 6.63. The summed E-state index contributed by atoms with van der Waals surface area (Å²) in [6, 6.07) is 15.7. The summed E-state index contributed by atoms with van der Waals surface area (Å²) in [5, 5.41) is 14.4. The molecule has 5 heterocycles. The highest BCUT2D eigenvalue weighted by Gasteiger charge is 2.16. The number of aryl methyl sites for hydroxylation is 2. The van der Waals surface area contributed by atoms with Crippen LogP contribution in [0, 0.1) is 13.8 Å². The van der Waals surface area contributed by atoms with Crippen LogP contribution in [0.4, 0.5) is 0 Å². The quantitative estimate of drug-likeness (QED) is 0.441. The molecule has 0 spiro atoms. The molecule has 1 aromatic carbocycles. The van der Waals surface area contributed by atoms with Crippen molar-refractivity contribution in [2.45, 2.75) is 20.4 Å². The number of nitrogens with zero attached hydrogens (tertiary/aromatic N) is 8. The SMILES string of the molecule is Cc1cc(C)n(Cc2ccc(-c3nc4c5cnn(-c6ccccc6)c5ncn4n3)o2)n1. The maximum absolute atomic E-state index is 6.01. The normalized spacial score (nSPS) is 11.7. The molecule has 0 bridgehead atoms. The highest BCUT2D eigenvalue weighted by molar-refractivity contribution is 5.89. The van der Waals surface area contributed by atoms with Gasteiger partial charge in [-0.3, -0.25) is 4.68 Å². The Bertz CT molecular complexity index is 1540. The van der Waals surface area contributed by atoms with Gasteiger partial charge in [0.2, 0.25) is 5.82 Å². The third kappa shape index (κ3) is 2.90. The minimum absolute atomic E-state index is 0.501. The number of aromatic nitrogens is 8. The first-order valence-corrected chi connectivity index (χ1v) is 9.90. The summed E-state index contributed by atoms with van der Waals surface area (Å²) >= 11 is 0. The number of hydrogen-bond donors (Lipinski definition) is 0. The van der Waals surface area contributed by atoms with E-state index in [0.29, 0.717) is 23.8 Å². The molecule has 0 saturated heterocycles. The van der Waals surface area contributed by atoms with E-state index in [-0.39, 0.29) is 0 Å². The zero-order chi connectivity index (χ0) is 20.9. The van der Waals surface area contributed by atoms with Crippen molar-refractivity contribution in [2.24, 2.45) is 0 Å². The van der Waals surface area contributed by atoms with E-state index in [2.05, 4.69) is 20.3 Å². The van der Waals surface area contributed by atoms with Crippen molar-refractivity contribution in [3.05, 3.63) is 78.2 Å². The van der Waals surface area contributed by atoms with Crippen LogP contribution in [-0.2, 0) is 6.54 Å². The van der Waals surface area contributed by atoms with Crippen LogP contribution in [0.2, 0.25) is 0 Å². The van der Waals surface area contributed by atoms with Gasteiger partial charge in [0.05, 0.1) is 29.5 Å². The molecule has 9 nitrogen and oxygen atoms in total. The number of furan rings is 1. The van der Waals surface area contributed by atoms with Crippen LogP contribution in [0.5, 0.6) is 0 Å². The van der Waals surface area contributed by atoms with Crippen LogP contribution in [0.25, 0.3) is 34.0 Å². The highest BCUT2D eigenvalue weighted by Crippen LogP contribution is 2.24. The number of rotatable bonds is 4. The molecule has 0 radical (unpaired) electrons. The van der Waals surface area contributed by atoms with E-state index in [1.54, 1.807) is 21.7 Å². The van der Waals surface area contributed by atoms with Crippen molar-refractivity contribution in [3.63, 3.8) is 0 Å². The average molecular weight is 410 g/mol. The van der Waals surface area contributed by atoms with Gasteiger partial charge in [0, 0.05) is 5.69 Å². The lowest BCUT2D eigenvalue weighted by Crippen LogP contribution is -2.02. The summed E-state index contributed by atoms with van der Waals surface area (Å²) in [5.41, 5.74) is 4.42. The van der Waals surface area contributed by atoms with Gasteiger partial charge in [-0.25, -0.2) is 19.2 Å². The Balaban J connectivity index is 1.38. The third-order valence-corrected chi connectivity index (χ3v) is 5.20. The molecule has 0 fully saturated rings. The standard InChI is InChI=1S/C22H18N8O/c1-14-10-15(2)28(26-14)12-17-8-9-19(31-17)20-25-22-18-11-24-30(16-6-4-3-5-7-16)21(18)23-13-29(22)27-20/h3-11,13H,12H2,1-2H3. The molecule has 0 N–H and O–H groups in total. The van der Waals surface area contributed by atoms with Gasteiger partial charge in [-0.1, -0.05) is 18.2 Å². The van der Waals surface area contributed by atoms with Gasteiger partial charge < -0.3 is 4.42 Å². The molecule has 152 valence electrons. The summed E-state index contributed by atoms with van der Waals surface area (Å²) in [4.78, 5) is 9.25. The lowest BCUT2D eigenvalue weighted by Gasteiger charge is -2.01. The highest BCUT2D eigenvalue weighted by atomic mass is 16.3. The van der Waals surface area contributed by atoms with E-state index in [9.17, 15) is 0 Å². The second-order valence-corrected chi connectivity index (χ2v) is 7.43. The van der Waals surface area contributed by atoms with Gasteiger partial charge >= 0.3 is 0 Å². The molecule has 0 unspecified atom stereocenters. The van der Waals surface area contributed by atoms with Gasteiger partial charge in [-0.15, -0.1) is 5.10 Å². The average Bonchev–Trinajstić information content (AvgIpc) is 3.54. The van der Waals surface area contributed by atoms with Crippen molar-refractivity contribution < 1.29 is 4.42 Å². The molecule has 5 aromatic heterocycles. The van der Waals surface area contributed by atoms with E-state index in [4.69, 9.17) is 9.40 Å². The van der Waals surface area contributed by atoms with E-state index < -0.39 is 0 Å². The topological polar surface area (TPSA) is 91.9 Å². The monoisotopic (exact) mass is 410 g/mol. The van der Waals surface area contributed by atoms with Crippen molar-refractivity contribution in [2.75, 3.05) is 0 Å². The first kappa shape index (κ1) is 17.6.